The number of carbonyl (C=O) groups is 1. The lowest BCUT2D eigenvalue weighted by Gasteiger charge is -2.25. The van der Waals surface area contributed by atoms with Gasteiger partial charge in [-0.1, -0.05) is 30.3 Å². The number of ether oxygens (including phenoxy) is 1. The fourth-order valence-corrected chi connectivity index (χ4v) is 3.52. The Balaban J connectivity index is 2.12. The van der Waals surface area contributed by atoms with Crippen LogP contribution in [0.1, 0.15) is 28.8 Å². The van der Waals surface area contributed by atoms with Gasteiger partial charge in [0.2, 0.25) is 17.7 Å². The number of nitrogens with zero attached hydrogens (tertiary/aromatic N) is 2. The van der Waals surface area contributed by atoms with E-state index >= 15 is 0 Å². The molecule has 0 aliphatic carbocycles. The molecule has 2 N–H and O–H groups in total. The Kier molecular flexibility index (Phi) is 3.51. The molecule has 0 amide bonds. The number of carbonyl (C=O) groups excluding carboxylic acids is 1. The molecule has 1 unspecified atom stereocenters. The van der Waals surface area contributed by atoms with Crippen molar-refractivity contribution < 1.29 is 13.9 Å². The third kappa shape index (κ3) is 2.18. The molecule has 2 heterocycles. The van der Waals surface area contributed by atoms with Crippen molar-refractivity contribution in [2.75, 3.05) is 0 Å². The molecule has 0 saturated carbocycles. The monoisotopic (exact) mass is 347 g/mol. The van der Waals surface area contributed by atoms with E-state index in [2.05, 4.69) is 6.07 Å². The number of halogens is 1. The third-order valence-corrected chi connectivity index (χ3v) is 4.54. The fraction of sp³-hybridized carbons (Fsp3) is 0.100. The van der Waals surface area contributed by atoms with Gasteiger partial charge in [0.25, 0.3) is 0 Å². The van der Waals surface area contributed by atoms with Crippen molar-refractivity contribution >= 4 is 16.8 Å². The lowest BCUT2D eigenvalue weighted by Crippen LogP contribution is -2.23. The molecular weight excluding hydrogens is 333 g/mol. The molecule has 0 saturated heterocycles. The molecule has 128 valence electrons. The van der Waals surface area contributed by atoms with Gasteiger partial charge in [0.1, 0.15) is 17.5 Å². The van der Waals surface area contributed by atoms with E-state index in [1.54, 1.807) is 18.2 Å². The summed E-state index contributed by atoms with van der Waals surface area (Å²) in [5, 5.41) is 10.4. The van der Waals surface area contributed by atoms with Gasteiger partial charge < -0.3 is 10.5 Å². The molecule has 0 radical (unpaired) electrons. The molecule has 26 heavy (non-hydrogen) atoms. The van der Waals surface area contributed by atoms with Crippen molar-refractivity contribution in [2.24, 2.45) is 5.73 Å². The van der Waals surface area contributed by atoms with Crippen LogP contribution in [0.15, 0.2) is 60.0 Å². The van der Waals surface area contributed by atoms with E-state index in [9.17, 15) is 14.4 Å². The van der Waals surface area contributed by atoms with Crippen LogP contribution in [0.3, 0.4) is 0 Å². The minimum absolute atomic E-state index is 0.0837. The Bertz CT molecular complexity index is 1140. The first-order valence-corrected chi connectivity index (χ1v) is 8.00. The SMILES string of the molecule is CC(=O)n1c2c(c3ccccc31)C(c1cccc(F)c1)C(C#N)=C(N)O2. The van der Waals surface area contributed by atoms with Gasteiger partial charge in [-0.05, 0) is 23.8 Å². The summed E-state index contributed by atoms with van der Waals surface area (Å²) in [7, 11) is 0. The average molecular weight is 347 g/mol. The quantitative estimate of drug-likeness (QED) is 0.728. The van der Waals surface area contributed by atoms with Gasteiger partial charge in [-0.15, -0.1) is 0 Å². The van der Waals surface area contributed by atoms with Crippen LogP contribution in [0, 0.1) is 17.1 Å². The van der Waals surface area contributed by atoms with Crippen molar-refractivity contribution in [1.82, 2.24) is 4.57 Å². The standard InChI is InChI=1S/C20H14FN3O2/c1-11(25)24-16-8-3-2-7-14(16)18-17(12-5-4-6-13(21)9-12)15(10-22)19(23)26-20(18)24/h2-9,17H,23H2,1H3. The highest BCUT2D eigenvalue weighted by atomic mass is 19.1. The lowest BCUT2D eigenvalue weighted by atomic mass is 9.84. The third-order valence-electron chi connectivity index (χ3n) is 4.54. The molecule has 4 rings (SSSR count). The highest BCUT2D eigenvalue weighted by molar-refractivity contribution is 5.98. The predicted molar refractivity (Wildman–Crippen MR) is 93.9 cm³/mol. The van der Waals surface area contributed by atoms with Crippen LogP contribution in [0.4, 0.5) is 4.39 Å². The van der Waals surface area contributed by atoms with Gasteiger partial charge in [-0.3, -0.25) is 4.79 Å². The molecule has 1 atom stereocenters. The van der Waals surface area contributed by atoms with E-state index in [-0.39, 0.29) is 23.2 Å². The van der Waals surface area contributed by atoms with Crippen molar-refractivity contribution in [2.45, 2.75) is 12.8 Å². The number of para-hydroxylation sites is 1. The Hall–Kier alpha value is -3.59. The zero-order chi connectivity index (χ0) is 18.4. The first-order chi connectivity index (χ1) is 12.5. The normalized spacial score (nSPS) is 16.1. The molecule has 1 aromatic heterocycles. The number of allylic oxidation sites excluding steroid dienone is 1. The summed E-state index contributed by atoms with van der Waals surface area (Å²) in [6.07, 6.45) is 0. The van der Waals surface area contributed by atoms with Gasteiger partial charge in [-0.25, -0.2) is 8.96 Å². The molecule has 1 aliphatic heterocycles. The van der Waals surface area contributed by atoms with E-state index < -0.39 is 11.7 Å². The van der Waals surface area contributed by atoms with Crippen LogP contribution in [0.5, 0.6) is 5.88 Å². The van der Waals surface area contributed by atoms with Crippen LogP contribution >= 0.6 is 0 Å². The van der Waals surface area contributed by atoms with Crippen LogP contribution in [0.25, 0.3) is 10.9 Å². The zero-order valence-electron chi connectivity index (χ0n) is 13.9. The molecule has 2 aromatic carbocycles. The minimum atomic E-state index is -0.620. The maximum absolute atomic E-state index is 13.9. The van der Waals surface area contributed by atoms with Gasteiger partial charge in [0.15, 0.2) is 0 Å². The maximum Gasteiger partial charge on any atom is 0.230 e. The van der Waals surface area contributed by atoms with Gasteiger partial charge in [-0.2, -0.15) is 5.26 Å². The first kappa shape index (κ1) is 15.9. The zero-order valence-corrected chi connectivity index (χ0v) is 13.9. The lowest BCUT2D eigenvalue weighted by molar-refractivity contribution is 0.0932. The van der Waals surface area contributed by atoms with E-state index in [1.807, 2.05) is 18.2 Å². The second kappa shape index (κ2) is 5.74. The summed E-state index contributed by atoms with van der Waals surface area (Å²) in [5.74, 6) is -1.09. The number of hydrogen-bond donors (Lipinski definition) is 1. The van der Waals surface area contributed by atoms with Crippen molar-refractivity contribution in [3.8, 4) is 11.9 Å². The van der Waals surface area contributed by atoms with E-state index in [0.717, 1.165) is 5.39 Å². The number of hydrogen-bond acceptors (Lipinski definition) is 4. The number of nitriles is 1. The van der Waals surface area contributed by atoms with Crippen LogP contribution < -0.4 is 10.5 Å². The second-order valence-electron chi connectivity index (χ2n) is 6.07. The summed E-state index contributed by atoms with van der Waals surface area (Å²) >= 11 is 0. The number of rotatable bonds is 1. The second-order valence-corrected chi connectivity index (χ2v) is 6.07. The molecule has 6 heteroatoms. The van der Waals surface area contributed by atoms with E-state index in [1.165, 1.54) is 23.6 Å². The van der Waals surface area contributed by atoms with Crippen molar-refractivity contribution in [3.05, 3.63) is 76.9 Å². The van der Waals surface area contributed by atoms with Gasteiger partial charge in [0, 0.05) is 17.9 Å². The van der Waals surface area contributed by atoms with Crippen molar-refractivity contribution in [3.63, 3.8) is 0 Å². The molecule has 0 spiro atoms. The van der Waals surface area contributed by atoms with Gasteiger partial charge in [0.05, 0.1) is 11.4 Å². The minimum Gasteiger partial charge on any atom is -0.423 e. The first-order valence-electron chi connectivity index (χ1n) is 8.00. The number of fused-ring (bicyclic) bond motifs is 3. The Labute approximate surface area is 148 Å². The summed E-state index contributed by atoms with van der Waals surface area (Å²) in [6.45, 7) is 1.42. The summed E-state index contributed by atoms with van der Waals surface area (Å²) < 4.78 is 21.0. The Morgan fingerprint density at radius 3 is 2.73 bits per heavy atom. The topological polar surface area (TPSA) is 81.0 Å². The molecule has 1 aliphatic rings. The molecule has 0 fully saturated rings. The van der Waals surface area contributed by atoms with E-state index in [0.29, 0.717) is 16.6 Å². The number of nitrogens with two attached hydrogens (primary N) is 1. The largest absolute Gasteiger partial charge is 0.423 e. The molecule has 0 bridgehead atoms. The number of benzene rings is 2. The maximum atomic E-state index is 13.9. The van der Waals surface area contributed by atoms with Gasteiger partial charge >= 0.3 is 0 Å². The summed E-state index contributed by atoms with van der Waals surface area (Å²) in [5.41, 5.74) is 8.02. The van der Waals surface area contributed by atoms with Crippen LogP contribution in [0.2, 0.25) is 0 Å². The fourth-order valence-electron chi connectivity index (χ4n) is 3.52. The number of aromatic nitrogens is 1. The summed E-state index contributed by atoms with van der Waals surface area (Å²) in [4.78, 5) is 12.2. The summed E-state index contributed by atoms with van der Waals surface area (Å²) in [6, 6.07) is 15.4. The Morgan fingerprint density at radius 2 is 2.04 bits per heavy atom. The molecule has 3 aromatic rings. The average Bonchev–Trinajstić information content (AvgIpc) is 2.94. The highest BCUT2D eigenvalue weighted by Crippen LogP contribution is 2.47. The predicted octanol–water partition coefficient (Wildman–Crippen LogP) is 3.66. The van der Waals surface area contributed by atoms with E-state index in [4.69, 9.17) is 10.5 Å². The Morgan fingerprint density at radius 1 is 1.27 bits per heavy atom. The highest BCUT2D eigenvalue weighted by Gasteiger charge is 2.36. The molecule has 5 nitrogen and oxygen atoms in total. The van der Waals surface area contributed by atoms with Crippen LogP contribution in [-0.2, 0) is 0 Å². The molecular formula is C20H14FN3O2. The smallest absolute Gasteiger partial charge is 0.230 e. The van der Waals surface area contributed by atoms with Crippen molar-refractivity contribution in [1.29, 1.82) is 5.26 Å². The van der Waals surface area contributed by atoms with Crippen LogP contribution in [-0.4, -0.2) is 10.5 Å².